The molecule has 23 heavy (non-hydrogen) atoms. The molecule has 0 bridgehead atoms. The number of pyridine rings is 1. The zero-order chi connectivity index (χ0) is 16.2. The van der Waals surface area contributed by atoms with Crippen molar-refractivity contribution in [3.05, 3.63) is 76.4 Å². The van der Waals surface area contributed by atoms with Crippen molar-refractivity contribution >= 4 is 34.7 Å². The second kappa shape index (κ2) is 6.95. The number of aliphatic hydroxyl groups excluding tert-OH is 1. The van der Waals surface area contributed by atoms with Crippen molar-refractivity contribution in [3.63, 3.8) is 0 Å². The molecule has 3 rings (SSSR count). The molecule has 0 amide bonds. The summed E-state index contributed by atoms with van der Waals surface area (Å²) in [6.45, 7) is 1.97. The molecule has 0 radical (unpaired) electrons. The first-order valence-corrected chi connectivity index (χ1v) is 8.06. The average molecular weight is 324 g/mol. The van der Waals surface area contributed by atoms with Crippen molar-refractivity contribution < 1.29 is 5.11 Å². The van der Waals surface area contributed by atoms with Crippen LogP contribution in [0.1, 0.15) is 36.3 Å². The predicted molar refractivity (Wildman–Crippen MR) is 97.4 cm³/mol. The Bertz CT molecular complexity index is 857. The molecule has 1 atom stereocenters. The second-order valence-corrected chi connectivity index (χ2v) is 5.94. The van der Waals surface area contributed by atoms with Crippen LogP contribution < -0.4 is 0 Å². The minimum atomic E-state index is -0.413. The quantitative estimate of drug-likeness (QED) is 0.687. The number of nitrogens with zero attached hydrogens (tertiary/aromatic N) is 1. The Morgan fingerprint density at radius 2 is 1.91 bits per heavy atom. The van der Waals surface area contributed by atoms with Gasteiger partial charge < -0.3 is 5.11 Å². The van der Waals surface area contributed by atoms with Crippen LogP contribution in [-0.4, -0.2) is 10.1 Å². The third-order valence-corrected chi connectivity index (χ3v) is 4.04. The molecule has 1 aromatic heterocycles. The molecule has 2 nitrogen and oxygen atoms in total. The smallest absolute Gasteiger partial charge is 0.0787 e. The van der Waals surface area contributed by atoms with Crippen LogP contribution in [0.4, 0.5) is 0 Å². The number of rotatable bonds is 4. The van der Waals surface area contributed by atoms with Gasteiger partial charge in [0, 0.05) is 10.4 Å². The summed E-state index contributed by atoms with van der Waals surface area (Å²) in [6, 6.07) is 17.6. The molecule has 1 N–H and O–H groups in total. The lowest BCUT2D eigenvalue weighted by molar-refractivity contribution is 0.173. The van der Waals surface area contributed by atoms with Gasteiger partial charge in [-0.2, -0.15) is 0 Å². The molecule has 1 unspecified atom stereocenters. The highest BCUT2D eigenvalue weighted by molar-refractivity contribution is 6.31. The zero-order valence-electron chi connectivity index (χ0n) is 12.9. The van der Waals surface area contributed by atoms with Crippen LogP contribution in [0.25, 0.3) is 23.1 Å². The van der Waals surface area contributed by atoms with Gasteiger partial charge in [0.15, 0.2) is 0 Å². The molecule has 0 saturated carbocycles. The summed E-state index contributed by atoms with van der Waals surface area (Å²) in [5.41, 5.74) is 3.74. The van der Waals surface area contributed by atoms with Gasteiger partial charge >= 0.3 is 0 Å². The summed E-state index contributed by atoms with van der Waals surface area (Å²) in [6.07, 6.45) is 4.27. The molecule has 0 aliphatic heterocycles. The van der Waals surface area contributed by atoms with Gasteiger partial charge in [-0.05, 0) is 47.9 Å². The standard InChI is InChI=1S/C20H18ClNO/c1-2-20(23)16-5-3-4-14(12-16)6-10-18-11-8-15-7-9-17(21)13-19(15)22-18/h3-13,20,23H,2H2,1H3. The summed E-state index contributed by atoms with van der Waals surface area (Å²) >= 11 is 6.02. The third kappa shape index (κ3) is 3.79. The van der Waals surface area contributed by atoms with Crippen LogP contribution in [0.3, 0.4) is 0 Å². The monoisotopic (exact) mass is 323 g/mol. The fourth-order valence-electron chi connectivity index (χ4n) is 2.49. The van der Waals surface area contributed by atoms with Gasteiger partial charge in [-0.25, -0.2) is 4.98 Å². The Hall–Kier alpha value is -2.16. The molecule has 116 valence electrons. The van der Waals surface area contributed by atoms with E-state index in [2.05, 4.69) is 4.98 Å². The lowest BCUT2D eigenvalue weighted by Crippen LogP contribution is -1.94. The van der Waals surface area contributed by atoms with Gasteiger partial charge in [0.25, 0.3) is 0 Å². The normalized spacial score (nSPS) is 12.8. The number of aromatic nitrogens is 1. The fraction of sp³-hybridized carbons (Fsp3) is 0.150. The van der Waals surface area contributed by atoms with E-state index in [-0.39, 0.29) is 0 Å². The molecule has 0 aliphatic carbocycles. The number of hydrogen-bond acceptors (Lipinski definition) is 2. The number of halogens is 1. The maximum atomic E-state index is 9.93. The minimum Gasteiger partial charge on any atom is -0.388 e. The van der Waals surface area contributed by atoms with Gasteiger partial charge in [0.2, 0.25) is 0 Å². The maximum Gasteiger partial charge on any atom is 0.0787 e. The van der Waals surface area contributed by atoms with Gasteiger partial charge in [-0.3, -0.25) is 0 Å². The Morgan fingerprint density at radius 1 is 1.09 bits per heavy atom. The van der Waals surface area contributed by atoms with E-state index in [0.29, 0.717) is 11.4 Å². The lowest BCUT2D eigenvalue weighted by atomic mass is 10.0. The van der Waals surface area contributed by atoms with E-state index in [1.807, 2.05) is 73.7 Å². The predicted octanol–water partition coefficient (Wildman–Crippen LogP) is 5.50. The van der Waals surface area contributed by atoms with E-state index >= 15 is 0 Å². The Balaban J connectivity index is 1.87. The van der Waals surface area contributed by atoms with Gasteiger partial charge in [0.05, 0.1) is 17.3 Å². The molecule has 1 heterocycles. The molecule has 0 aliphatic rings. The van der Waals surface area contributed by atoms with Crippen LogP contribution in [0.15, 0.2) is 54.6 Å². The van der Waals surface area contributed by atoms with E-state index in [9.17, 15) is 5.11 Å². The summed E-state index contributed by atoms with van der Waals surface area (Å²) in [7, 11) is 0. The second-order valence-electron chi connectivity index (χ2n) is 5.50. The molecule has 3 aromatic rings. The van der Waals surface area contributed by atoms with Crippen LogP contribution in [-0.2, 0) is 0 Å². The molecule has 0 fully saturated rings. The first-order valence-electron chi connectivity index (χ1n) is 7.68. The van der Waals surface area contributed by atoms with Gasteiger partial charge in [0.1, 0.15) is 0 Å². The van der Waals surface area contributed by atoms with Crippen molar-refractivity contribution in [3.8, 4) is 0 Å². The van der Waals surface area contributed by atoms with Crippen LogP contribution >= 0.6 is 11.6 Å². The molecule has 3 heteroatoms. The Kier molecular flexibility index (Phi) is 4.75. The van der Waals surface area contributed by atoms with Gasteiger partial charge in [-0.15, -0.1) is 0 Å². The van der Waals surface area contributed by atoms with E-state index in [1.54, 1.807) is 0 Å². The number of aliphatic hydroxyl groups is 1. The van der Waals surface area contributed by atoms with Crippen molar-refractivity contribution in [2.75, 3.05) is 0 Å². The number of benzene rings is 2. The Morgan fingerprint density at radius 3 is 2.74 bits per heavy atom. The summed E-state index contributed by atoms with van der Waals surface area (Å²) in [5.74, 6) is 0. The first kappa shape index (κ1) is 15.7. The number of fused-ring (bicyclic) bond motifs is 1. The third-order valence-electron chi connectivity index (χ3n) is 3.80. The fourth-order valence-corrected chi connectivity index (χ4v) is 2.65. The topological polar surface area (TPSA) is 33.1 Å². The van der Waals surface area contributed by atoms with Crippen LogP contribution in [0.5, 0.6) is 0 Å². The molecule has 2 aromatic carbocycles. The SMILES string of the molecule is CCC(O)c1cccc(C=Cc2ccc3ccc(Cl)cc3n2)c1. The van der Waals surface area contributed by atoms with Crippen LogP contribution in [0, 0.1) is 0 Å². The largest absolute Gasteiger partial charge is 0.388 e. The highest BCUT2D eigenvalue weighted by Gasteiger charge is 2.04. The van der Waals surface area contributed by atoms with Crippen molar-refractivity contribution in [1.82, 2.24) is 4.98 Å². The highest BCUT2D eigenvalue weighted by atomic mass is 35.5. The summed E-state index contributed by atoms with van der Waals surface area (Å²) in [4.78, 5) is 4.60. The summed E-state index contributed by atoms with van der Waals surface area (Å²) < 4.78 is 0. The van der Waals surface area contributed by atoms with Crippen molar-refractivity contribution in [2.45, 2.75) is 19.4 Å². The van der Waals surface area contributed by atoms with E-state index in [4.69, 9.17) is 11.6 Å². The average Bonchev–Trinajstić information content (AvgIpc) is 2.59. The van der Waals surface area contributed by atoms with E-state index in [1.165, 1.54) is 0 Å². The molecular formula is C20H18ClNO. The van der Waals surface area contributed by atoms with Crippen molar-refractivity contribution in [1.29, 1.82) is 0 Å². The zero-order valence-corrected chi connectivity index (χ0v) is 13.7. The van der Waals surface area contributed by atoms with Crippen molar-refractivity contribution in [2.24, 2.45) is 0 Å². The summed E-state index contributed by atoms with van der Waals surface area (Å²) in [5, 5.41) is 11.7. The lowest BCUT2D eigenvalue weighted by Gasteiger charge is -2.08. The van der Waals surface area contributed by atoms with Crippen LogP contribution in [0.2, 0.25) is 5.02 Å². The number of hydrogen-bond donors (Lipinski definition) is 1. The van der Waals surface area contributed by atoms with E-state index < -0.39 is 6.10 Å². The first-order chi connectivity index (χ1) is 11.2. The minimum absolute atomic E-state index is 0.413. The maximum absolute atomic E-state index is 9.93. The molecular weight excluding hydrogens is 306 g/mol. The van der Waals surface area contributed by atoms with Gasteiger partial charge in [-0.1, -0.05) is 54.9 Å². The van der Waals surface area contributed by atoms with E-state index in [0.717, 1.165) is 27.7 Å². The molecule has 0 spiro atoms. The Labute approximate surface area is 141 Å². The molecule has 0 saturated heterocycles. The highest BCUT2D eigenvalue weighted by Crippen LogP contribution is 2.20.